The zero-order chi connectivity index (χ0) is 36.7. The molecule has 52 heavy (non-hydrogen) atoms. The van der Waals surface area contributed by atoms with E-state index in [0.29, 0.717) is 17.0 Å². The molecule has 5 aromatic rings. The van der Waals surface area contributed by atoms with Crippen LogP contribution in [0.3, 0.4) is 0 Å². The molecule has 0 bridgehead atoms. The maximum absolute atomic E-state index is 13.6. The number of piperidine rings is 1. The number of nitrogens with zero attached hydrogens (tertiary/aromatic N) is 5. The molecular formula is C41H50ClN5O4S. The van der Waals surface area contributed by atoms with Crippen molar-refractivity contribution in [3.05, 3.63) is 70.4 Å². The Balaban J connectivity index is 1.35. The molecule has 0 N–H and O–H groups in total. The van der Waals surface area contributed by atoms with Crippen LogP contribution in [0.5, 0.6) is 0 Å². The Morgan fingerprint density at radius 2 is 1.79 bits per heavy atom. The number of thiazole rings is 1. The van der Waals surface area contributed by atoms with Crippen LogP contribution in [0.15, 0.2) is 48.5 Å². The zero-order valence-electron chi connectivity index (χ0n) is 31.4. The van der Waals surface area contributed by atoms with Gasteiger partial charge in [-0.1, -0.05) is 23.7 Å². The lowest BCUT2D eigenvalue weighted by molar-refractivity contribution is -0.166. The van der Waals surface area contributed by atoms with Gasteiger partial charge in [0.05, 0.1) is 59.4 Å². The lowest BCUT2D eigenvalue weighted by Gasteiger charge is -2.41. The Hall–Kier alpha value is -3.38. The SMILES string of the molecule is CCOC(=O)[C@@H](OC(C)(C)C)c1c(C)cc2nc(-c3ccc4c(c3)c(C3CCN(C5COC5)CC3)nn4CCN(C)C)sc2c1-c1ccc(Cl)cc1. The van der Waals surface area contributed by atoms with E-state index in [2.05, 4.69) is 52.8 Å². The van der Waals surface area contributed by atoms with Crippen LogP contribution in [-0.4, -0.2) is 95.7 Å². The number of benzene rings is 3. The van der Waals surface area contributed by atoms with Crippen molar-refractivity contribution in [2.75, 3.05) is 53.6 Å². The molecule has 0 spiro atoms. The van der Waals surface area contributed by atoms with Crippen LogP contribution in [0, 0.1) is 6.92 Å². The van der Waals surface area contributed by atoms with E-state index in [-0.39, 0.29) is 6.61 Å². The number of ether oxygens (including phenoxy) is 3. The summed E-state index contributed by atoms with van der Waals surface area (Å²) in [6, 6.07) is 17.1. The van der Waals surface area contributed by atoms with E-state index in [4.69, 9.17) is 35.9 Å². The van der Waals surface area contributed by atoms with Crippen LogP contribution in [0.4, 0.5) is 0 Å². The summed E-state index contributed by atoms with van der Waals surface area (Å²) in [5, 5.41) is 8.06. The maximum Gasteiger partial charge on any atom is 0.339 e. The Morgan fingerprint density at radius 1 is 1.08 bits per heavy atom. The molecule has 2 fully saturated rings. The highest BCUT2D eigenvalue weighted by molar-refractivity contribution is 7.22. The van der Waals surface area contributed by atoms with E-state index in [0.717, 1.165) is 101 Å². The van der Waals surface area contributed by atoms with E-state index in [1.54, 1.807) is 11.3 Å². The van der Waals surface area contributed by atoms with Gasteiger partial charge in [0, 0.05) is 39.6 Å². The summed E-state index contributed by atoms with van der Waals surface area (Å²) in [4.78, 5) is 23.7. The fourth-order valence-electron chi connectivity index (χ4n) is 7.45. The summed E-state index contributed by atoms with van der Waals surface area (Å²) in [6.07, 6.45) is 1.26. The molecule has 0 unspecified atom stereocenters. The first-order valence-corrected chi connectivity index (χ1v) is 19.6. The minimum atomic E-state index is -0.921. The van der Waals surface area contributed by atoms with Gasteiger partial charge < -0.3 is 19.1 Å². The number of rotatable bonds is 11. The molecule has 2 aliphatic rings. The summed E-state index contributed by atoms with van der Waals surface area (Å²) in [6.45, 7) is 15.6. The molecule has 0 aliphatic carbocycles. The normalized spacial score (nSPS) is 16.9. The summed E-state index contributed by atoms with van der Waals surface area (Å²) in [7, 11) is 4.21. The number of hydrogen-bond donors (Lipinski definition) is 0. The van der Waals surface area contributed by atoms with Crippen molar-refractivity contribution in [2.45, 2.75) is 77.7 Å². The first kappa shape index (κ1) is 37.0. The number of aryl methyl sites for hydroxylation is 1. The van der Waals surface area contributed by atoms with Crippen molar-refractivity contribution in [3.63, 3.8) is 0 Å². The van der Waals surface area contributed by atoms with Crippen molar-refractivity contribution in [1.29, 1.82) is 0 Å². The maximum atomic E-state index is 13.6. The molecule has 0 radical (unpaired) electrons. The van der Waals surface area contributed by atoms with Crippen LogP contribution in [0.2, 0.25) is 5.02 Å². The van der Waals surface area contributed by atoms with Gasteiger partial charge in [0.1, 0.15) is 5.01 Å². The Labute approximate surface area is 315 Å². The number of carbonyl (C=O) groups is 1. The van der Waals surface area contributed by atoms with Crippen molar-refractivity contribution < 1.29 is 19.0 Å². The van der Waals surface area contributed by atoms with Crippen molar-refractivity contribution in [1.82, 2.24) is 24.6 Å². The number of likely N-dealkylation sites (N-methyl/N-ethyl adjacent to an activating group) is 1. The van der Waals surface area contributed by atoms with Crippen LogP contribution in [0.25, 0.3) is 42.8 Å². The molecule has 11 heteroatoms. The van der Waals surface area contributed by atoms with Gasteiger partial charge >= 0.3 is 5.97 Å². The largest absolute Gasteiger partial charge is 0.464 e. The number of hydrogen-bond acceptors (Lipinski definition) is 9. The molecule has 276 valence electrons. The second kappa shape index (κ2) is 15.2. The smallest absolute Gasteiger partial charge is 0.339 e. The van der Waals surface area contributed by atoms with Gasteiger partial charge in [-0.25, -0.2) is 9.78 Å². The van der Waals surface area contributed by atoms with Crippen molar-refractivity contribution in [2.24, 2.45) is 0 Å². The third-order valence-corrected chi connectivity index (χ3v) is 11.5. The molecule has 0 saturated carbocycles. The molecular weight excluding hydrogens is 694 g/mol. The molecule has 1 atom stereocenters. The Bertz CT molecular complexity index is 2060. The van der Waals surface area contributed by atoms with Gasteiger partial charge in [0.15, 0.2) is 6.10 Å². The van der Waals surface area contributed by atoms with E-state index >= 15 is 0 Å². The number of likely N-dealkylation sites (tertiary alicyclic amines) is 1. The molecule has 2 aromatic heterocycles. The fraction of sp³-hybridized carbons (Fsp3) is 0.488. The highest BCUT2D eigenvalue weighted by Crippen LogP contribution is 2.45. The van der Waals surface area contributed by atoms with Crippen LogP contribution in [0.1, 0.15) is 69.4 Å². The summed E-state index contributed by atoms with van der Waals surface area (Å²) < 4.78 is 20.8. The van der Waals surface area contributed by atoms with E-state index in [1.165, 1.54) is 11.1 Å². The average Bonchev–Trinajstić information content (AvgIpc) is 3.67. The number of aromatic nitrogens is 3. The second-order valence-corrected chi connectivity index (χ2v) is 16.8. The fourth-order valence-corrected chi connectivity index (χ4v) is 8.70. The first-order valence-electron chi connectivity index (χ1n) is 18.4. The Kier molecular flexibility index (Phi) is 10.8. The van der Waals surface area contributed by atoms with E-state index in [1.807, 2.05) is 58.9 Å². The molecule has 7 rings (SSSR count). The van der Waals surface area contributed by atoms with Gasteiger partial charge in [0.2, 0.25) is 0 Å². The third-order valence-electron chi connectivity index (χ3n) is 10.1. The quantitative estimate of drug-likeness (QED) is 0.125. The van der Waals surface area contributed by atoms with Crippen LogP contribution < -0.4 is 0 Å². The number of carbonyl (C=O) groups excluding carboxylic acids is 1. The van der Waals surface area contributed by atoms with Gasteiger partial charge in [-0.2, -0.15) is 5.10 Å². The lowest BCUT2D eigenvalue weighted by atomic mass is 9.90. The van der Waals surface area contributed by atoms with Crippen LogP contribution >= 0.6 is 22.9 Å². The molecule has 2 aliphatic heterocycles. The summed E-state index contributed by atoms with van der Waals surface area (Å²) in [5.74, 6) is -0.00810. The Morgan fingerprint density at radius 3 is 2.42 bits per heavy atom. The van der Waals surface area contributed by atoms with E-state index < -0.39 is 17.7 Å². The highest BCUT2D eigenvalue weighted by Gasteiger charge is 2.34. The number of fused-ring (bicyclic) bond motifs is 2. The highest BCUT2D eigenvalue weighted by atomic mass is 35.5. The average molecular weight is 744 g/mol. The van der Waals surface area contributed by atoms with Crippen molar-refractivity contribution in [3.8, 4) is 21.7 Å². The molecule has 3 aromatic carbocycles. The number of esters is 1. The lowest BCUT2D eigenvalue weighted by Crippen LogP contribution is -2.51. The summed E-state index contributed by atoms with van der Waals surface area (Å²) >= 11 is 8.01. The minimum Gasteiger partial charge on any atom is -0.464 e. The zero-order valence-corrected chi connectivity index (χ0v) is 32.9. The van der Waals surface area contributed by atoms with E-state index in [9.17, 15) is 4.79 Å². The minimum absolute atomic E-state index is 0.260. The topological polar surface area (TPSA) is 82.0 Å². The molecule has 9 nitrogen and oxygen atoms in total. The van der Waals surface area contributed by atoms with Gasteiger partial charge in [-0.15, -0.1) is 11.3 Å². The predicted octanol–water partition coefficient (Wildman–Crippen LogP) is 8.50. The van der Waals surface area contributed by atoms with Crippen molar-refractivity contribution >= 4 is 50.0 Å². The van der Waals surface area contributed by atoms with Crippen LogP contribution in [-0.2, 0) is 25.5 Å². The predicted molar refractivity (Wildman–Crippen MR) is 210 cm³/mol. The third kappa shape index (κ3) is 7.65. The number of halogens is 1. The first-order chi connectivity index (χ1) is 24.9. The van der Waals surface area contributed by atoms with Gasteiger partial charge in [-0.3, -0.25) is 9.58 Å². The standard InChI is InChI=1S/C41H50ClN5O4S/c1-8-50-40(48)37(51-41(3,4)5)34-25(2)21-32-38(35(34)26-9-12-29(42)13-10-26)52-39(43-32)28-11-14-33-31(22-28)36(44-47(33)20-19-45(6)7)27-15-17-46(18-16-27)30-23-49-24-30/h9-14,21-22,27,30,37H,8,15-20,23-24H2,1-7H3/t37-/m0/s1. The molecule has 2 saturated heterocycles. The molecule has 4 heterocycles. The van der Waals surface area contributed by atoms with Gasteiger partial charge in [0.25, 0.3) is 0 Å². The summed E-state index contributed by atoms with van der Waals surface area (Å²) in [5.41, 5.74) is 7.25. The second-order valence-electron chi connectivity index (χ2n) is 15.4. The monoisotopic (exact) mass is 743 g/mol. The molecule has 0 amide bonds. The van der Waals surface area contributed by atoms with Gasteiger partial charge in [-0.05, 0) is 122 Å².